The van der Waals surface area contributed by atoms with E-state index < -0.39 is 5.79 Å². The normalized spacial score (nSPS) is 18.5. The number of likely N-dealkylation sites (tertiary alicyclic amines) is 1. The second kappa shape index (κ2) is 10.7. The van der Waals surface area contributed by atoms with Crippen molar-refractivity contribution in [2.24, 2.45) is 5.92 Å². The third-order valence-electron chi connectivity index (χ3n) is 6.96. The highest BCUT2D eigenvalue weighted by Gasteiger charge is 2.46. The van der Waals surface area contributed by atoms with Gasteiger partial charge in [-0.2, -0.15) is 0 Å². The molecule has 1 aromatic heterocycles. The number of hydrogen-bond acceptors (Lipinski definition) is 6. The molecular formula is C27H31FN4O3. The third-order valence-corrected chi connectivity index (χ3v) is 6.96. The molecule has 3 aromatic rings. The number of rotatable bonds is 8. The monoisotopic (exact) mass is 478 g/mol. The Morgan fingerprint density at radius 1 is 1.06 bits per heavy atom. The van der Waals surface area contributed by atoms with Gasteiger partial charge in [-0.3, -0.25) is 9.78 Å². The van der Waals surface area contributed by atoms with Crippen LogP contribution in [0, 0.1) is 11.7 Å². The molecule has 0 unspecified atom stereocenters. The molecule has 2 aliphatic rings. The van der Waals surface area contributed by atoms with E-state index in [-0.39, 0.29) is 17.3 Å². The molecule has 184 valence electrons. The number of aromatic nitrogens is 2. The first-order valence-electron chi connectivity index (χ1n) is 12.2. The van der Waals surface area contributed by atoms with Crippen molar-refractivity contribution < 1.29 is 13.9 Å². The number of hydrogen-bond donors (Lipinski definition) is 2. The van der Waals surface area contributed by atoms with Crippen LogP contribution in [0.15, 0.2) is 65.6 Å². The van der Waals surface area contributed by atoms with E-state index in [9.17, 15) is 9.18 Å². The Balaban J connectivity index is 1.14. The van der Waals surface area contributed by atoms with E-state index in [0.717, 1.165) is 43.6 Å². The molecule has 0 spiro atoms. The number of benzene rings is 2. The number of piperidine rings is 1. The van der Waals surface area contributed by atoms with Gasteiger partial charge in [0.1, 0.15) is 5.82 Å². The highest BCUT2D eigenvalue weighted by atomic mass is 19.1. The molecule has 8 heteroatoms. The van der Waals surface area contributed by atoms with Gasteiger partial charge >= 0.3 is 0 Å². The van der Waals surface area contributed by atoms with Gasteiger partial charge in [-0.05, 0) is 50.0 Å². The maximum atomic E-state index is 13.5. The van der Waals surface area contributed by atoms with Gasteiger partial charge in [-0.1, -0.05) is 42.5 Å². The molecule has 0 amide bonds. The smallest absolute Gasteiger partial charge is 0.255 e. The van der Waals surface area contributed by atoms with Crippen LogP contribution >= 0.6 is 0 Å². The molecule has 0 atom stereocenters. The third kappa shape index (κ3) is 5.45. The fourth-order valence-corrected chi connectivity index (χ4v) is 5.03. The van der Waals surface area contributed by atoms with Gasteiger partial charge < -0.3 is 19.7 Å². The SMILES string of the molecule is O=c1[nH]c(NCc2ccccc2)ncc1CCN1CCC(C2(c3ccc(F)cc3)OCCO2)CC1. The van der Waals surface area contributed by atoms with E-state index in [1.54, 1.807) is 18.3 Å². The number of anilines is 1. The second-order valence-corrected chi connectivity index (χ2v) is 9.16. The molecule has 2 aliphatic heterocycles. The van der Waals surface area contributed by atoms with Crippen molar-refractivity contribution in [3.8, 4) is 0 Å². The number of H-pyrrole nitrogens is 1. The van der Waals surface area contributed by atoms with E-state index in [1.165, 1.54) is 12.1 Å². The first-order valence-corrected chi connectivity index (χ1v) is 12.2. The minimum atomic E-state index is -0.788. The Labute approximate surface area is 204 Å². The molecule has 3 heterocycles. The first kappa shape index (κ1) is 23.7. The van der Waals surface area contributed by atoms with Crippen LogP contribution in [0.2, 0.25) is 0 Å². The molecule has 0 radical (unpaired) electrons. The summed E-state index contributed by atoms with van der Waals surface area (Å²) in [4.78, 5) is 22.2. The molecule has 0 bridgehead atoms. The van der Waals surface area contributed by atoms with Gasteiger partial charge in [0, 0.05) is 36.3 Å². The summed E-state index contributed by atoms with van der Waals surface area (Å²) in [5.74, 6) is -0.372. The number of ether oxygens (including phenoxy) is 2. The molecule has 2 fully saturated rings. The second-order valence-electron chi connectivity index (χ2n) is 9.16. The minimum absolute atomic E-state index is 0.103. The van der Waals surface area contributed by atoms with E-state index in [2.05, 4.69) is 20.2 Å². The summed E-state index contributed by atoms with van der Waals surface area (Å²) < 4.78 is 25.7. The molecule has 2 saturated heterocycles. The maximum Gasteiger partial charge on any atom is 0.255 e. The number of nitrogens with zero attached hydrogens (tertiary/aromatic N) is 2. The first-order chi connectivity index (χ1) is 17.1. The Hall–Kier alpha value is -3.07. The fourth-order valence-electron chi connectivity index (χ4n) is 5.03. The largest absolute Gasteiger partial charge is 0.352 e. The van der Waals surface area contributed by atoms with Crippen molar-refractivity contribution in [3.63, 3.8) is 0 Å². The average Bonchev–Trinajstić information content (AvgIpc) is 3.39. The molecule has 5 rings (SSSR count). The van der Waals surface area contributed by atoms with Crippen LogP contribution < -0.4 is 10.9 Å². The minimum Gasteiger partial charge on any atom is -0.352 e. The summed E-state index contributed by atoms with van der Waals surface area (Å²) in [6.45, 7) is 4.27. The quantitative estimate of drug-likeness (QED) is 0.514. The zero-order chi connectivity index (χ0) is 24.1. The Morgan fingerprint density at radius 3 is 2.46 bits per heavy atom. The summed E-state index contributed by atoms with van der Waals surface area (Å²) in [6, 6.07) is 16.4. The highest BCUT2D eigenvalue weighted by molar-refractivity contribution is 5.28. The predicted octanol–water partition coefficient (Wildman–Crippen LogP) is 3.68. The van der Waals surface area contributed by atoms with Crippen molar-refractivity contribution >= 4 is 5.95 Å². The molecule has 7 nitrogen and oxygen atoms in total. The number of aromatic amines is 1. The Morgan fingerprint density at radius 2 is 1.77 bits per heavy atom. The van der Waals surface area contributed by atoms with Crippen LogP contribution in [0.25, 0.3) is 0 Å². The van der Waals surface area contributed by atoms with Crippen molar-refractivity contribution in [2.75, 3.05) is 38.2 Å². The lowest BCUT2D eigenvalue weighted by atomic mass is 9.84. The average molecular weight is 479 g/mol. The molecule has 2 aromatic carbocycles. The topological polar surface area (TPSA) is 79.5 Å². The maximum absolute atomic E-state index is 13.5. The van der Waals surface area contributed by atoms with Gasteiger partial charge in [0.05, 0.1) is 13.2 Å². The summed E-state index contributed by atoms with van der Waals surface area (Å²) in [5, 5.41) is 3.16. The number of nitrogens with one attached hydrogen (secondary N) is 2. The number of halogens is 1. The van der Waals surface area contributed by atoms with E-state index >= 15 is 0 Å². The zero-order valence-corrected chi connectivity index (χ0v) is 19.7. The molecule has 0 aliphatic carbocycles. The van der Waals surface area contributed by atoms with Crippen molar-refractivity contribution in [2.45, 2.75) is 31.6 Å². The van der Waals surface area contributed by atoms with Crippen LogP contribution in [0.1, 0.15) is 29.5 Å². The van der Waals surface area contributed by atoms with Gasteiger partial charge in [-0.25, -0.2) is 9.37 Å². The lowest BCUT2D eigenvalue weighted by molar-refractivity contribution is -0.214. The lowest BCUT2D eigenvalue weighted by Crippen LogP contribution is -2.44. The Bertz CT molecular complexity index is 1160. The summed E-state index contributed by atoms with van der Waals surface area (Å²) in [6.07, 6.45) is 4.13. The van der Waals surface area contributed by atoms with Gasteiger partial charge in [-0.15, -0.1) is 0 Å². The van der Waals surface area contributed by atoms with Crippen LogP contribution in [0.4, 0.5) is 10.3 Å². The molecule has 35 heavy (non-hydrogen) atoms. The standard InChI is InChI=1S/C27H31FN4O3/c28-24-8-6-22(7-9-24)27(34-16-17-35-27)23-11-14-32(15-12-23)13-10-21-19-30-26(31-25(21)33)29-18-20-4-2-1-3-5-20/h1-9,19,23H,10-18H2,(H2,29,30,31,33). The van der Waals surface area contributed by atoms with Crippen LogP contribution in [0.5, 0.6) is 0 Å². The van der Waals surface area contributed by atoms with Crippen molar-refractivity contribution in [1.82, 2.24) is 14.9 Å². The molecular weight excluding hydrogens is 447 g/mol. The van der Waals surface area contributed by atoms with Crippen LogP contribution in [-0.2, 0) is 28.2 Å². The van der Waals surface area contributed by atoms with Crippen LogP contribution in [-0.4, -0.2) is 47.7 Å². The fraction of sp³-hybridized carbons (Fsp3) is 0.407. The molecule has 0 saturated carbocycles. The highest BCUT2D eigenvalue weighted by Crippen LogP contribution is 2.43. The summed E-state index contributed by atoms with van der Waals surface area (Å²) in [5.41, 5.74) is 2.58. The van der Waals surface area contributed by atoms with Crippen LogP contribution in [0.3, 0.4) is 0 Å². The Kier molecular flexibility index (Phi) is 7.22. The lowest BCUT2D eigenvalue weighted by Gasteiger charge is -2.41. The van der Waals surface area contributed by atoms with Gasteiger partial charge in [0.2, 0.25) is 5.95 Å². The zero-order valence-electron chi connectivity index (χ0n) is 19.7. The summed E-state index contributed by atoms with van der Waals surface area (Å²) >= 11 is 0. The predicted molar refractivity (Wildman–Crippen MR) is 131 cm³/mol. The van der Waals surface area contributed by atoms with E-state index in [4.69, 9.17) is 9.47 Å². The molecule has 2 N–H and O–H groups in total. The van der Waals surface area contributed by atoms with Crippen molar-refractivity contribution in [3.05, 3.63) is 93.7 Å². The van der Waals surface area contributed by atoms with E-state index in [1.807, 2.05) is 30.3 Å². The van der Waals surface area contributed by atoms with E-state index in [0.29, 0.717) is 37.7 Å². The van der Waals surface area contributed by atoms with Gasteiger partial charge in [0.15, 0.2) is 5.79 Å². The van der Waals surface area contributed by atoms with Gasteiger partial charge in [0.25, 0.3) is 5.56 Å². The summed E-state index contributed by atoms with van der Waals surface area (Å²) in [7, 11) is 0. The van der Waals surface area contributed by atoms with Crippen molar-refractivity contribution in [1.29, 1.82) is 0 Å².